The molecule has 0 atom stereocenters. The lowest BCUT2D eigenvalue weighted by molar-refractivity contribution is 0.601. The van der Waals surface area contributed by atoms with E-state index < -0.39 is 10.0 Å². The number of nitrogens with zero attached hydrogens (tertiary/aromatic N) is 1. The summed E-state index contributed by atoms with van der Waals surface area (Å²) in [5.41, 5.74) is 1.09. The standard InChI is InChI=1S/C12H10BrClN2O2S/c1-8-6-9(2-3-10(8)13)19(17,18)16-12-7-15-5-4-11(12)14/h2-7,16H,1H3. The van der Waals surface area contributed by atoms with Crippen LogP contribution in [0.4, 0.5) is 5.69 Å². The lowest BCUT2D eigenvalue weighted by Gasteiger charge is -2.10. The highest BCUT2D eigenvalue weighted by atomic mass is 79.9. The van der Waals surface area contributed by atoms with Crippen LogP contribution >= 0.6 is 27.5 Å². The highest BCUT2D eigenvalue weighted by Gasteiger charge is 2.16. The number of hydrogen-bond acceptors (Lipinski definition) is 3. The third-order valence-corrected chi connectivity index (χ3v) is 5.03. The van der Waals surface area contributed by atoms with E-state index in [0.29, 0.717) is 5.02 Å². The molecule has 2 rings (SSSR count). The molecule has 19 heavy (non-hydrogen) atoms. The Kier molecular flexibility index (Phi) is 4.13. The first kappa shape index (κ1) is 14.3. The molecule has 7 heteroatoms. The van der Waals surface area contributed by atoms with Crippen molar-refractivity contribution in [3.05, 3.63) is 51.7 Å². The van der Waals surface area contributed by atoms with E-state index in [2.05, 4.69) is 25.6 Å². The van der Waals surface area contributed by atoms with Gasteiger partial charge in [-0.3, -0.25) is 9.71 Å². The fraction of sp³-hybridized carbons (Fsp3) is 0.0833. The summed E-state index contributed by atoms with van der Waals surface area (Å²) in [6.07, 6.45) is 2.86. The van der Waals surface area contributed by atoms with Crippen molar-refractivity contribution in [3.8, 4) is 0 Å². The van der Waals surface area contributed by atoms with Gasteiger partial charge in [0.15, 0.2) is 0 Å². The lowest BCUT2D eigenvalue weighted by atomic mass is 10.2. The number of rotatable bonds is 3. The van der Waals surface area contributed by atoms with Gasteiger partial charge < -0.3 is 0 Å². The van der Waals surface area contributed by atoms with Crippen molar-refractivity contribution >= 4 is 43.2 Å². The number of halogens is 2. The molecule has 0 unspecified atom stereocenters. The maximum absolute atomic E-state index is 12.2. The quantitative estimate of drug-likeness (QED) is 0.908. The van der Waals surface area contributed by atoms with Gasteiger partial charge in [0.05, 0.1) is 21.8 Å². The van der Waals surface area contributed by atoms with Crippen molar-refractivity contribution in [2.45, 2.75) is 11.8 Å². The molecule has 0 saturated heterocycles. The first-order valence-corrected chi connectivity index (χ1v) is 7.94. The molecule has 0 amide bonds. The summed E-state index contributed by atoms with van der Waals surface area (Å²) >= 11 is 9.23. The summed E-state index contributed by atoms with van der Waals surface area (Å²) in [6.45, 7) is 1.82. The van der Waals surface area contributed by atoms with Gasteiger partial charge in [-0.25, -0.2) is 8.42 Å². The first-order chi connectivity index (χ1) is 8.90. The van der Waals surface area contributed by atoms with Gasteiger partial charge in [0.25, 0.3) is 10.0 Å². The number of nitrogens with one attached hydrogen (secondary N) is 1. The third kappa shape index (κ3) is 3.26. The fourth-order valence-electron chi connectivity index (χ4n) is 1.44. The van der Waals surface area contributed by atoms with Crippen LogP contribution in [0, 0.1) is 6.92 Å². The molecule has 0 saturated carbocycles. The zero-order valence-corrected chi connectivity index (χ0v) is 13.1. The van der Waals surface area contributed by atoms with Gasteiger partial charge >= 0.3 is 0 Å². The topological polar surface area (TPSA) is 59.1 Å². The van der Waals surface area contributed by atoms with Gasteiger partial charge in [0, 0.05) is 10.7 Å². The van der Waals surface area contributed by atoms with Crippen LogP contribution < -0.4 is 4.72 Å². The van der Waals surface area contributed by atoms with Crippen LogP contribution in [0.5, 0.6) is 0 Å². The maximum atomic E-state index is 12.2. The first-order valence-electron chi connectivity index (χ1n) is 5.28. The van der Waals surface area contributed by atoms with Crippen LogP contribution in [0.15, 0.2) is 46.0 Å². The molecule has 0 aliphatic rings. The Morgan fingerprint density at radius 3 is 2.68 bits per heavy atom. The second-order valence-electron chi connectivity index (χ2n) is 3.87. The summed E-state index contributed by atoms with van der Waals surface area (Å²) in [5.74, 6) is 0. The zero-order valence-electron chi connectivity index (χ0n) is 9.89. The number of sulfonamides is 1. The molecule has 0 aliphatic heterocycles. The van der Waals surface area contributed by atoms with Crippen LogP contribution in [0.3, 0.4) is 0 Å². The Labute approximate surface area is 125 Å². The van der Waals surface area contributed by atoms with Crippen LogP contribution in [0.1, 0.15) is 5.56 Å². The molecule has 1 N–H and O–H groups in total. The second-order valence-corrected chi connectivity index (χ2v) is 6.82. The fourth-order valence-corrected chi connectivity index (χ4v) is 3.04. The van der Waals surface area contributed by atoms with E-state index in [1.165, 1.54) is 24.5 Å². The minimum atomic E-state index is -3.67. The Hall–Kier alpha value is -1.11. The molecule has 1 heterocycles. The van der Waals surface area contributed by atoms with E-state index in [4.69, 9.17) is 11.6 Å². The molecule has 100 valence electrons. The van der Waals surface area contributed by atoms with E-state index in [9.17, 15) is 8.42 Å². The predicted octanol–water partition coefficient (Wildman–Crippen LogP) is 3.61. The molecule has 0 bridgehead atoms. The van der Waals surface area contributed by atoms with Gasteiger partial charge in [-0.05, 0) is 36.8 Å². The number of aromatic nitrogens is 1. The van der Waals surface area contributed by atoms with Crippen LogP contribution in [0.2, 0.25) is 5.02 Å². The molecule has 1 aromatic heterocycles. The number of aryl methyl sites for hydroxylation is 1. The third-order valence-electron chi connectivity index (χ3n) is 2.45. The summed E-state index contributed by atoms with van der Waals surface area (Å²) < 4.78 is 27.7. The van der Waals surface area contributed by atoms with Gasteiger partial charge in [-0.2, -0.15) is 0 Å². The van der Waals surface area contributed by atoms with E-state index in [-0.39, 0.29) is 10.6 Å². The largest absolute Gasteiger partial charge is 0.277 e. The van der Waals surface area contributed by atoms with Crippen molar-refractivity contribution in [3.63, 3.8) is 0 Å². The average molecular weight is 362 g/mol. The SMILES string of the molecule is Cc1cc(S(=O)(=O)Nc2cnccc2Cl)ccc1Br. The summed E-state index contributed by atoms with van der Waals surface area (Å²) in [4.78, 5) is 4.01. The molecule has 1 aromatic carbocycles. The van der Waals surface area contributed by atoms with Crippen LogP contribution in [0.25, 0.3) is 0 Å². The van der Waals surface area contributed by atoms with Crippen LogP contribution in [-0.2, 0) is 10.0 Å². The highest BCUT2D eigenvalue weighted by molar-refractivity contribution is 9.10. The number of benzene rings is 1. The Morgan fingerprint density at radius 1 is 1.32 bits per heavy atom. The Morgan fingerprint density at radius 2 is 2.05 bits per heavy atom. The lowest BCUT2D eigenvalue weighted by Crippen LogP contribution is -2.13. The van der Waals surface area contributed by atoms with Gasteiger partial charge in [0.2, 0.25) is 0 Å². The molecule has 4 nitrogen and oxygen atoms in total. The molecule has 0 fully saturated rings. The molecular formula is C12H10BrClN2O2S. The Balaban J connectivity index is 2.38. The van der Waals surface area contributed by atoms with E-state index in [1.54, 1.807) is 12.1 Å². The van der Waals surface area contributed by atoms with Gasteiger partial charge in [-0.15, -0.1) is 0 Å². The van der Waals surface area contributed by atoms with E-state index in [1.807, 2.05) is 6.92 Å². The summed E-state index contributed by atoms with van der Waals surface area (Å²) in [7, 11) is -3.67. The Bertz CT molecular complexity index is 719. The normalized spacial score (nSPS) is 11.3. The van der Waals surface area contributed by atoms with Crippen molar-refractivity contribution < 1.29 is 8.42 Å². The number of pyridine rings is 1. The molecule has 0 radical (unpaired) electrons. The zero-order chi connectivity index (χ0) is 14.0. The average Bonchev–Trinajstić information content (AvgIpc) is 2.35. The van der Waals surface area contributed by atoms with Crippen molar-refractivity contribution in [1.29, 1.82) is 0 Å². The molecule has 0 spiro atoms. The highest BCUT2D eigenvalue weighted by Crippen LogP contribution is 2.25. The summed E-state index contributed by atoms with van der Waals surface area (Å²) in [6, 6.07) is 6.31. The second kappa shape index (κ2) is 5.48. The van der Waals surface area contributed by atoms with E-state index in [0.717, 1.165) is 10.0 Å². The maximum Gasteiger partial charge on any atom is 0.262 e. The van der Waals surface area contributed by atoms with E-state index >= 15 is 0 Å². The number of hydrogen-bond donors (Lipinski definition) is 1. The van der Waals surface area contributed by atoms with Gasteiger partial charge in [0.1, 0.15) is 0 Å². The van der Waals surface area contributed by atoms with Crippen molar-refractivity contribution in [2.75, 3.05) is 4.72 Å². The molecule has 0 aliphatic carbocycles. The minimum Gasteiger partial charge on any atom is -0.277 e. The molecular weight excluding hydrogens is 352 g/mol. The van der Waals surface area contributed by atoms with Crippen molar-refractivity contribution in [1.82, 2.24) is 4.98 Å². The monoisotopic (exact) mass is 360 g/mol. The smallest absolute Gasteiger partial charge is 0.262 e. The van der Waals surface area contributed by atoms with Crippen LogP contribution in [-0.4, -0.2) is 13.4 Å². The van der Waals surface area contributed by atoms with Gasteiger partial charge in [-0.1, -0.05) is 27.5 Å². The predicted molar refractivity (Wildman–Crippen MR) is 78.9 cm³/mol. The summed E-state index contributed by atoms with van der Waals surface area (Å²) in [5, 5.41) is 0.299. The van der Waals surface area contributed by atoms with Crippen molar-refractivity contribution in [2.24, 2.45) is 0 Å². The number of anilines is 1. The molecule has 2 aromatic rings. The minimum absolute atomic E-state index is 0.174.